The SMILES string of the molecule is COc1ccc(OC)c(CN2CCN(C(=O)NCC3CCCN(Cc4ccccc4)C3)CC2)c1. The van der Waals surface area contributed by atoms with Crippen LogP contribution in [-0.4, -0.2) is 80.8 Å². The van der Waals surface area contributed by atoms with E-state index in [0.717, 1.165) is 76.0 Å². The van der Waals surface area contributed by atoms with E-state index < -0.39 is 0 Å². The molecule has 7 nitrogen and oxygen atoms in total. The van der Waals surface area contributed by atoms with Gasteiger partial charge in [0.15, 0.2) is 0 Å². The second kappa shape index (κ2) is 12.1. The number of piperazine rings is 1. The van der Waals surface area contributed by atoms with Gasteiger partial charge in [0.1, 0.15) is 11.5 Å². The minimum atomic E-state index is 0.0683. The highest BCUT2D eigenvalue weighted by atomic mass is 16.5. The summed E-state index contributed by atoms with van der Waals surface area (Å²) in [5.41, 5.74) is 2.47. The number of rotatable bonds is 8. The molecule has 2 amide bonds. The summed E-state index contributed by atoms with van der Waals surface area (Å²) in [6.07, 6.45) is 2.38. The van der Waals surface area contributed by atoms with E-state index in [1.807, 2.05) is 23.1 Å². The quantitative estimate of drug-likeness (QED) is 0.646. The number of nitrogens with zero attached hydrogens (tertiary/aromatic N) is 3. The third-order valence-corrected chi connectivity index (χ3v) is 6.94. The van der Waals surface area contributed by atoms with Crippen LogP contribution < -0.4 is 14.8 Å². The molecule has 2 fully saturated rings. The monoisotopic (exact) mass is 466 g/mol. The van der Waals surface area contributed by atoms with E-state index in [9.17, 15) is 4.79 Å². The normalized spacial score (nSPS) is 19.6. The Labute approximate surface area is 203 Å². The Morgan fingerprint density at radius 2 is 1.74 bits per heavy atom. The van der Waals surface area contributed by atoms with Gasteiger partial charge >= 0.3 is 6.03 Å². The summed E-state index contributed by atoms with van der Waals surface area (Å²) in [6, 6.07) is 16.6. The smallest absolute Gasteiger partial charge is 0.317 e. The second-order valence-electron chi connectivity index (χ2n) is 9.36. The van der Waals surface area contributed by atoms with E-state index in [4.69, 9.17) is 9.47 Å². The van der Waals surface area contributed by atoms with E-state index in [2.05, 4.69) is 45.4 Å². The topological polar surface area (TPSA) is 57.3 Å². The van der Waals surface area contributed by atoms with Crippen LogP contribution in [-0.2, 0) is 13.1 Å². The van der Waals surface area contributed by atoms with Crippen LogP contribution in [0.25, 0.3) is 0 Å². The fourth-order valence-electron chi connectivity index (χ4n) is 5.00. The molecule has 1 N–H and O–H groups in total. The number of methoxy groups -OCH3 is 2. The standard InChI is InChI=1S/C27H38N4O3/c1-33-25-10-11-26(34-2)24(17-25)21-29-13-15-31(16-14-29)27(32)28-18-23-9-6-12-30(20-23)19-22-7-4-3-5-8-22/h3-5,7-8,10-11,17,23H,6,9,12-16,18-21H2,1-2H3,(H,28,32). The molecular formula is C27H38N4O3. The molecule has 2 heterocycles. The highest BCUT2D eigenvalue weighted by molar-refractivity contribution is 5.74. The largest absolute Gasteiger partial charge is 0.497 e. The van der Waals surface area contributed by atoms with Crippen LogP contribution in [0.5, 0.6) is 11.5 Å². The minimum Gasteiger partial charge on any atom is -0.497 e. The first-order valence-corrected chi connectivity index (χ1v) is 12.4. The third kappa shape index (κ3) is 6.64. The molecule has 0 aliphatic carbocycles. The lowest BCUT2D eigenvalue weighted by molar-refractivity contribution is 0.129. The van der Waals surface area contributed by atoms with E-state index in [-0.39, 0.29) is 6.03 Å². The number of amides is 2. The van der Waals surface area contributed by atoms with Crippen LogP contribution in [0.4, 0.5) is 4.79 Å². The molecule has 1 unspecified atom stereocenters. The van der Waals surface area contributed by atoms with Gasteiger partial charge in [0.05, 0.1) is 14.2 Å². The zero-order chi connectivity index (χ0) is 23.8. The van der Waals surface area contributed by atoms with Gasteiger partial charge in [-0.15, -0.1) is 0 Å². The lowest BCUT2D eigenvalue weighted by Gasteiger charge is -2.36. The molecule has 0 aromatic heterocycles. The second-order valence-corrected chi connectivity index (χ2v) is 9.36. The van der Waals surface area contributed by atoms with E-state index in [0.29, 0.717) is 5.92 Å². The van der Waals surface area contributed by atoms with Gasteiger partial charge in [0, 0.05) is 57.9 Å². The van der Waals surface area contributed by atoms with Crippen molar-refractivity contribution in [1.29, 1.82) is 0 Å². The van der Waals surface area contributed by atoms with Gasteiger partial charge in [0.25, 0.3) is 0 Å². The molecule has 2 aromatic carbocycles. The molecule has 2 saturated heterocycles. The van der Waals surface area contributed by atoms with Crippen LogP contribution >= 0.6 is 0 Å². The summed E-state index contributed by atoms with van der Waals surface area (Å²) >= 11 is 0. The van der Waals surface area contributed by atoms with Crippen molar-refractivity contribution >= 4 is 6.03 Å². The third-order valence-electron chi connectivity index (χ3n) is 6.94. The lowest BCUT2D eigenvalue weighted by atomic mass is 9.97. The highest BCUT2D eigenvalue weighted by Gasteiger charge is 2.24. The van der Waals surface area contributed by atoms with Gasteiger partial charge in [-0.2, -0.15) is 0 Å². The van der Waals surface area contributed by atoms with Gasteiger partial charge in [-0.05, 0) is 49.1 Å². The summed E-state index contributed by atoms with van der Waals surface area (Å²) in [4.78, 5) is 19.6. The molecule has 0 radical (unpaired) electrons. The number of carbonyl (C=O) groups is 1. The number of piperidine rings is 1. The molecule has 0 spiro atoms. The lowest BCUT2D eigenvalue weighted by Crippen LogP contribution is -2.52. The first-order chi connectivity index (χ1) is 16.6. The Morgan fingerprint density at radius 3 is 2.47 bits per heavy atom. The van der Waals surface area contributed by atoms with Crippen molar-refractivity contribution in [3.63, 3.8) is 0 Å². The van der Waals surface area contributed by atoms with Gasteiger partial charge in [0.2, 0.25) is 0 Å². The Morgan fingerprint density at radius 1 is 0.941 bits per heavy atom. The van der Waals surface area contributed by atoms with Crippen LogP contribution in [0.1, 0.15) is 24.0 Å². The predicted octanol–water partition coefficient (Wildman–Crippen LogP) is 3.44. The summed E-state index contributed by atoms with van der Waals surface area (Å²) in [6.45, 7) is 7.90. The van der Waals surface area contributed by atoms with Crippen molar-refractivity contribution in [2.75, 3.05) is 60.0 Å². The molecule has 0 saturated carbocycles. The van der Waals surface area contributed by atoms with Crippen molar-refractivity contribution < 1.29 is 14.3 Å². The summed E-state index contributed by atoms with van der Waals surface area (Å²) in [5.74, 6) is 2.22. The van der Waals surface area contributed by atoms with Crippen molar-refractivity contribution in [1.82, 2.24) is 20.0 Å². The van der Waals surface area contributed by atoms with Crippen molar-refractivity contribution in [3.05, 3.63) is 59.7 Å². The number of hydrogen-bond donors (Lipinski definition) is 1. The number of nitrogens with one attached hydrogen (secondary N) is 1. The van der Waals surface area contributed by atoms with E-state index in [1.165, 1.54) is 18.4 Å². The molecule has 2 aromatic rings. The average molecular weight is 467 g/mol. The maximum atomic E-state index is 12.8. The number of carbonyl (C=O) groups excluding carboxylic acids is 1. The van der Waals surface area contributed by atoms with Crippen molar-refractivity contribution in [2.45, 2.75) is 25.9 Å². The molecule has 1 atom stereocenters. The highest BCUT2D eigenvalue weighted by Crippen LogP contribution is 2.25. The molecule has 4 rings (SSSR count). The van der Waals surface area contributed by atoms with E-state index >= 15 is 0 Å². The zero-order valence-corrected chi connectivity index (χ0v) is 20.5. The van der Waals surface area contributed by atoms with Crippen LogP contribution in [0, 0.1) is 5.92 Å². The summed E-state index contributed by atoms with van der Waals surface area (Å²) in [5, 5.41) is 3.21. The zero-order valence-electron chi connectivity index (χ0n) is 20.5. The molecule has 34 heavy (non-hydrogen) atoms. The Bertz CT molecular complexity index is 915. The number of urea groups is 1. The van der Waals surface area contributed by atoms with Gasteiger partial charge in [-0.1, -0.05) is 30.3 Å². The average Bonchev–Trinajstić information content (AvgIpc) is 2.88. The Balaban J connectivity index is 1.20. The summed E-state index contributed by atoms with van der Waals surface area (Å²) < 4.78 is 10.9. The fraction of sp³-hybridized carbons (Fsp3) is 0.519. The van der Waals surface area contributed by atoms with Crippen molar-refractivity contribution in [2.24, 2.45) is 5.92 Å². The first kappa shape index (κ1) is 24.4. The fourth-order valence-corrected chi connectivity index (χ4v) is 5.00. The van der Waals surface area contributed by atoms with Crippen molar-refractivity contribution in [3.8, 4) is 11.5 Å². The van der Waals surface area contributed by atoms with Gasteiger partial charge in [-0.3, -0.25) is 9.80 Å². The number of likely N-dealkylation sites (tertiary alicyclic amines) is 1. The molecular weight excluding hydrogens is 428 g/mol. The molecule has 2 aliphatic rings. The first-order valence-electron chi connectivity index (χ1n) is 12.4. The van der Waals surface area contributed by atoms with E-state index in [1.54, 1.807) is 14.2 Å². The number of benzene rings is 2. The summed E-state index contributed by atoms with van der Waals surface area (Å²) in [7, 11) is 3.37. The van der Waals surface area contributed by atoms with Gasteiger partial charge in [-0.25, -0.2) is 4.79 Å². The number of ether oxygens (including phenoxy) is 2. The molecule has 2 aliphatic heterocycles. The number of hydrogen-bond acceptors (Lipinski definition) is 5. The van der Waals surface area contributed by atoms with Gasteiger partial charge < -0.3 is 19.7 Å². The minimum absolute atomic E-state index is 0.0683. The Hall–Kier alpha value is -2.77. The van der Waals surface area contributed by atoms with Crippen LogP contribution in [0.15, 0.2) is 48.5 Å². The molecule has 7 heteroatoms. The Kier molecular flexibility index (Phi) is 8.66. The maximum absolute atomic E-state index is 12.8. The maximum Gasteiger partial charge on any atom is 0.317 e. The van der Waals surface area contributed by atoms with Crippen LogP contribution in [0.3, 0.4) is 0 Å². The molecule has 0 bridgehead atoms. The molecule has 184 valence electrons. The predicted molar refractivity (Wildman–Crippen MR) is 134 cm³/mol. The van der Waals surface area contributed by atoms with Crippen LogP contribution in [0.2, 0.25) is 0 Å².